The SMILES string of the molecule is CC(=O)Nc1ccc(S(=O)(=O)N(C)CC(=O)N2CCC(NC(=O)c3ccc(F)cc3)CC2)cc1. The third kappa shape index (κ3) is 6.39. The molecule has 1 aliphatic rings. The topological polar surface area (TPSA) is 116 Å². The Morgan fingerprint density at radius 3 is 2.18 bits per heavy atom. The van der Waals surface area contributed by atoms with E-state index in [1.54, 1.807) is 4.90 Å². The van der Waals surface area contributed by atoms with Gasteiger partial charge >= 0.3 is 0 Å². The predicted octanol–water partition coefficient (Wildman–Crippen LogP) is 1.83. The molecule has 2 aromatic rings. The Bertz CT molecular complexity index is 1140. The van der Waals surface area contributed by atoms with E-state index in [4.69, 9.17) is 0 Å². The van der Waals surface area contributed by atoms with Gasteiger partial charge in [-0.1, -0.05) is 0 Å². The summed E-state index contributed by atoms with van der Waals surface area (Å²) in [6, 6.07) is 10.8. The van der Waals surface area contributed by atoms with Crippen LogP contribution in [0.15, 0.2) is 53.4 Å². The first-order chi connectivity index (χ1) is 16.1. The van der Waals surface area contributed by atoms with Crippen LogP contribution in [0.25, 0.3) is 0 Å². The summed E-state index contributed by atoms with van der Waals surface area (Å²) < 4.78 is 39.6. The highest BCUT2D eigenvalue weighted by Gasteiger charge is 2.28. The van der Waals surface area contributed by atoms with Crippen molar-refractivity contribution < 1.29 is 27.2 Å². The molecule has 9 nitrogen and oxygen atoms in total. The van der Waals surface area contributed by atoms with Crippen molar-refractivity contribution in [3.63, 3.8) is 0 Å². The largest absolute Gasteiger partial charge is 0.349 e. The van der Waals surface area contributed by atoms with Crippen LogP contribution in [0, 0.1) is 5.82 Å². The van der Waals surface area contributed by atoms with Gasteiger partial charge < -0.3 is 15.5 Å². The molecule has 1 fully saturated rings. The highest BCUT2D eigenvalue weighted by atomic mass is 32.2. The predicted molar refractivity (Wildman–Crippen MR) is 124 cm³/mol. The highest BCUT2D eigenvalue weighted by molar-refractivity contribution is 7.89. The maximum Gasteiger partial charge on any atom is 0.251 e. The minimum absolute atomic E-state index is 0.0131. The molecule has 3 rings (SSSR count). The number of carbonyl (C=O) groups is 3. The number of piperidine rings is 1. The van der Waals surface area contributed by atoms with Crippen molar-refractivity contribution in [2.75, 3.05) is 32.0 Å². The second-order valence-electron chi connectivity index (χ2n) is 8.10. The smallest absolute Gasteiger partial charge is 0.251 e. The van der Waals surface area contributed by atoms with E-state index in [2.05, 4.69) is 10.6 Å². The Kier molecular flexibility index (Phi) is 8.00. The zero-order valence-corrected chi connectivity index (χ0v) is 19.8. The summed E-state index contributed by atoms with van der Waals surface area (Å²) >= 11 is 0. The number of nitrogens with one attached hydrogen (secondary N) is 2. The molecule has 2 N–H and O–H groups in total. The number of anilines is 1. The van der Waals surface area contributed by atoms with Crippen LogP contribution in [0.3, 0.4) is 0 Å². The van der Waals surface area contributed by atoms with Crippen LogP contribution in [-0.4, -0.2) is 68.1 Å². The van der Waals surface area contributed by atoms with Crippen LogP contribution in [-0.2, 0) is 19.6 Å². The lowest BCUT2D eigenvalue weighted by Crippen LogP contribution is -2.49. The number of halogens is 1. The van der Waals surface area contributed by atoms with Crippen LogP contribution in [0.5, 0.6) is 0 Å². The average Bonchev–Trinajstić information content (AvgIpc) is 2.79. The molecule has 0 radical (unpaired) electrons. The molecule has 0 spiro atoms. The number of rotatable bonds is 7. The molecular weight excluding hydrogens is 463 g/mol. The van der Waals surface area contributed by atoms with Crippen molar-refractivity contribution in [3.05, 3.63) is 59.9 Å². The average molecular weight is 491 g/mol. The molecule has 0 unspecified atom stereocenters. The van der Waals surface area contributed by atoms with Crippen LogP contribution >= 0.6 is 0 Å². The highest BCUT2D eigenvalue weighted by Crippen LogP contribution is 2.18. The zero-order chi connectivity index (χ0) is 24.9. The van der Waals surface area contributed by atoms with Crippen molar-refractivity contribution in [2.24, 2.45) is 0 Å². The van der Waals surface area contributed by atoms with Crippen LogP contribution in [0.1, 0.15) is 30.1 Å². The van der Waals surface area contributed by atoms with Gasteiger partial charge in [0.1, 0.15) is 5.82 Å². The van der Waals surface area contributed by atoms with Gasteiger partial charge in [0.15, 0.2) is 0 Å². The third-order valence-corrected chi connectivity index (χ3v) is 7.35. The van der Waals surface area contributed by atoms with Gasteiger partial charge in [0.2, 0.25) is 21.8 Å². The molecule has 2 aromatic carbocycles. The molecule has 34 heavy (non-hydrogen) atoms. The first-order valence-electron chi connectivity index (χ1n) is 10.7. The van der Waals surface area contributed by atoms with Gasteiger partial charge in [0.05, 0.1) is 11.4 Å². The summed E-state index contributed by atoms with van der Waals surface area (Å²) in [5.74, 6) is -1.32. The van der Waals surface area contributed by atoms with E-state index in [9.17, 15) is 27.2 Å². The normalized spacial score (nSPS) is 14.6. The van der Waals surface area contributed by atoms with E-state index >= 15 is 0 Å². The number of hydrogen-bond acceptors (Lipinski definition) is 5. The number of likely N-dealkylation sites (N-methyl/N-ethyl adjacent to an activating group) is 1. The van der Waals surface area contributed by atoms with Crippen molar-refractivity contribution in [1.82, 2.24) is 14.5 Å². The summed E-state index contributed by atoms with van der Waals surface area (Å²) in [6.45, 7) is 1.80. The van der Waals surface area contributed by atoms with Crippen LogP contribution in [0.4, 0.5) is 10.1 Å². The number of amides is 3. The van der Waals surface area contributed by atoms with E-state index in [1.807, 2.05) is 0 Å². The maximum absolute atomic E-state index is 13.0. The lowest BCUT2D eigenvalue weighted by atomic mass is 10.0. The third-order valence-electron chi connectivity index (χ3n) is 5.53. The Labute approximate surface area is 198 Å². The van der Waals surface area contributed by atoms with E-state index in [1.165, 1.54) is 62.5 Å². The van der Waals surface area contributed by atoms with E-state index in [0.29, 0.717) is 37.2 Å². The molecule has 0 aliphatic carbocycles. The molecule has 0 bridgehead atoms. The fraction of sp³-hybridized carbons (Fsp3) is 0.348. The van der Waals surface area contributed by atoms with Crippen LogP contribution < -0.4 is 10.6 Å². The molecule has 1 heterocycles. The summed E-state index contributed by atoms with van der Waals surface area (Å²) in [6.07, 6.45) is 1.06. The lowest BCUT2D eigenvalue weighted by Gasteiger charge is -2.33. The van der Waals surface area contributed by atoms with Gasteiger partial charge in [-0.3, -0.25) is 14.4 Å². The Morgan fingerprint density at radius 1 is 1.03 bits per heavy atom. The summed E-state index contributed by atoms with van der Waals surface area (Å²) in [5, 5.41) is 5.45. The van der Waals surface area contributed by atoms with Gasteiger partial charge in [-0.05, 0) is 61.4 Å². The van der Waals surface area contributed by atoms with Gasteiger partial charge in [0.25, 0.3) is 5.91 Å². The number of sulfonamides is 1. The number of likely N-dealkylation sites (tertiary alicyclic amines) is 1. The molecule has 182 valence electrons. The van der Waals surface area contributed by atoms with Crippen molar-refractivity contribution in [2.45, 2.75) is 30.7 Å². The number of nitrogens with zero attached hydrogens (tertiary/aromatic N) is 2. The molecule has 1 saturated heterocycles. The summed E-state index contributed by atoms with van der Waals surface area (Å²) in [4.78, 5) is 37.7. The van der Waals surface area contributed by atoms with Gasteiger partial charge in [-0.25, -0.2) is 12.8 Å². The Balaban J connectivity index is 1.51. The van der Waals surface area contributed by atoms with E-state index in [0.717, 1.165) is 4.31 Å². The lowest BCUT2D eigenvalue weighted by molar-refractivity contribution is -0.132. The molecule has 11 heteroatoms. The zero-order valence-electron chi connectivity index (χ0n) is 19.0. The van der Waals surface area contributed by atoms with E-state index in [-0.39, 0.29) is 35.2 Å². The first-order valence-corrected chi connectivity index (χ1v) is 12.2. The molecule has 0 saturated carbocycles. The fourth-order valence-corrected chi connectivity index (χ4v) is 4.73. The minimum atomic E-state index is -3.89. The van der Waals surface area contributed by atoms with Gasteiger partial charge in [0, 0.05) is 44.4 Å². The molecule has 0 atom stereocenters. The monoisotopic (exact) mass is 490 g/mol. The van der Waals surface area contributed by atoms with Crippen molar-refractivity contribution in [3.8, 4) is 0 Å². The molecule has 1 aliphatic heterocycles. The van der Waals surface area contributed by atoms with Crippen molar-refractivity contribution in [1.29, 1.82) is 0 Å². The quantitative estimate of drug-likeness (QED) is 0.614. The molecule has 0 aromatic heterocycles. The maximum atomic E-state index is 13.0. The van der Waals surface area contributed by atoms with Gasteiger partial charge in [-0.2, -0.15) is 4.31 Å². The van der Waals surface area contributed by atoms with Crippen LogP contribution in [0.2, 0.25) is 0 Å². The Morgan fingerprint density at radius 2 is 1.62 bits per heavy atom. The van der Waals surface area contributed by atoms with Crippen molar-refractivity contribution >= 4 is 33.4 Å². The number of benzene rings is 2. The standard InChI is InChI=1S/C23H27FN4O5S/c1-16(29)25-19-7-9-21(10-8-19)34(32,33)27(2)15-22(30)28-13-11-20(12-14-28)26-23(31)17-3-5-18(24)6-4-17/h3-10,20H,11-15H2,1-2H3,(H,25,29)(H,26,31). The van der Waals surface area contributed by atoms with Gasteiger partial charge in [-0.15, -0.1) is 0 Å². The molecular formula is C23H27FN4O5S. The number of carbonyl (C=O) groups excluding carboxylic acids is 3. The summed E-state index contributed by atoms with van der Waals surface area (Å²) in [5.41, 5.74) is 0.830. The second-order valence-corrected chi connectivity index (χ2v) is 10.1. The fourth-order valence-electron chi connectivity index (χ4n) is 3.61. The molecule has 3 amide bonds. The first kappa shape index (κ1) is 25.3. The Hall–Kier alpha value is -3.31. The van der Waals surface area contributed by atoms with E-state index < -0.39 is 15.8 Å². The summed E-state index contributed by atoms with van der Waals surface area (Å²) in [7, 11) is -2.55. The number of hydrogen-bond donors (Lipinski definition) is 2. The minimum Gasteiger partial charge on any atom is -0.349 e. The second kappa shape index (κ2) is 10.7.